The maximum atomic E-state index is 3.35. The summed E-state index contributed by atoms with van der Waals surface area (Å²) in [6.07, 6.45) is 1.14. The summed E-state index contributed by atoms with van der Waals surface area (Å²) in [4.78, 5) is 2.43. The maximum absolute atomic E-state index is 3.35. The van der Waals surface area contributed by atoms with Crippen LogP contribution in [-0.4, -0.2) is 18.0 Å². The van der Waals surface area contributed by atoms with Gasteiger partial charge in [0, 0.05) is 18.7 Å². The Kier molecular flexibility index (Phi) is 4.08. The van der Waals surface area contributed by atoms with Gasteiger partial charge in [0.2, 0.25) is 0 Å². The van der Waals surface area contributed by atoms with Gasteiger partial charge in [-0.15, -0.1) is 0 Å². The van der Waals surface area contributed by atoms with Crippen LogP contribution in [0.2, 0.25) is 0 Å². The minimum absolute atomic E-state index is 0.849. The third kappa shape index (κ3) is 3.17. The van der Waals surface area contributed by atoms with Crippen molar-refractivity contribution in [3.63, 3.8) is 0 Å². The van der Waals surface area contributed by atoms with E-state index in [2.05, 4.69) is 73.1 Å². The second kappa shape index (κ2) is 6.16. The summed E-state index contributed by atoms with van der Waals surface area (Å²) in [5.74, 6) is 6.68. The van der Waals surface area contributed by atoms with E-state index in [1.54, 1.807) is 0 Å². The van der Waals surface area contributed by atoms with Gasteiger partial charge in [-0.1, -0.05) is 48.2 Å². The van der Waals surface area contributed by atoms with Crippen molar-refractivity contribution in [3.8, 4) is 11.8 Å². The monoisotopic (exact) mass is 275 g/mol. The van der Waals surface area contributed by atoms with Gasteiger partial charge in [0.1, 0.15) is 0 Å². The molecule has 0 aliphatic carbocycles. The molecule has 0 saturated carbocycles. The van der Waals surface area contributed by atoms with Gasteiger partial charge in [0.15, 0.2) is 0 Å². The molecule has 2 aromatic rings. The highest BCUT2D eigenvalue weighted by Gasteiger charge is 2.14. The second-order valence-corrected chi connectivity index (χ2v) is 5.78. The maximum Gasteiger partial charge on any atom is 0.0608 e. The van der Waals surface area contributed by atoms with Crippen LogP contribution >= 0.6 is 0 Å². The topological polar surface area (TPSA) is 3.24 Å². The Bertz CT molecular complexity index is 703. The van der Waals surface area contributed by atoms with Gasteiger partial charge in [0.25, 0.3) is 0 Å². The van der Waals surface area contributed by atoms with Crippen LogP contribution in [0.1, 0.15) is 27.8 Å². The summed E-state index contributed by atoms with van der Waals surface area (Å²) in [6.45, 7) is 7.27. The summed E-state index contributed by atoms with van der Waals surface area (Å²) in [5.41, 5.74) is 6.73. The smallest absolute Gasteiger partial charge is 0.0608 e. The van der Waals surface area contributed by atoms with Crippen LogP contribution in [0, 0.1) is 25.7 Å². The zero-order chi connectivity index (χ0) is 14.7. The molecular formula is C20H21N. The number of benzene rings is 2. The molecule has 0 saturated heterocycles. The molecule has 1 heterocycles. The first kappa shape index (κ1) is 13.9. The molecule has 0 N–H and O–H groups in total. The van der Waals surface area contributed by atoms with Crippen LogP contribution in [0.15, 0.2) is 42.5 Å². The molecule has 21 heavy (non-hydrogen) atoms. The third-order valence-electron chi connectivity index (χ3n) is 4.34. The van der Waals surface area contributed by atoms with Crippen LogP contribution in [0.4, 0.5) is 0 Å². The molecule has 106 valence electrons. The van der Waals surface area contributed by atoms with Crippen molar-refractivity contribution in [3.05, 3.63) is 70.3 Å². The van der Waals surface area contributed by atoms with Crippen molar-refractivity contribution in [1.29, 1.82) is 0 Å². The van der Waals surface area contributed by atoms with Crippen LogP contribution in [0.5, 0.6) is 0 Å². The first-order chi connectivity index (χ1) is 10.2. The fourth-order valence-corrected chi connectivity index (χ4v) is 2.82. The Morgan fingerprint density at radius 3 is 2.67 bits per heavy atom. The van der Waals surface area contributed by atoms with E-state index < -0.39 is 0 Å². The molecule has 0 atom stereocenters. The van der Waals surface area contributed by atoms with E-state index in [1.165, 1.54) is 22.3 Å². The molecule has 1 heteroatoms. The zero-order valence-electron chi connectivity index (χ0n) is 12.8. The quantitative estimate of drug-likeness (QED) is 0.717. The fourth-order valence-electron chi connectivity index (χ4n) is 2.82. The number of hydrogen-bond donors (Lipinski definition) is 0. The summed E-state index contributed by atoms with van der Waals surface area (Å²) >= 11 is 0. The van der Waals surface area contributed by atoms with Gasteiger partial charge >= 0.3 is 0 Å². The first-order valence-corrected chi connectivity index (χ1v) is 7.58. The Labute approximate surface area is 127 Å². The molecule has 1 aliphatic rings. The molecule has 0 unspecified atom stereocenters. The van der Waals surface area contributed by atoms with E-state index in [1.807, 2.05) is 0 Å². The van der Waals surface area contributed by atoms with Crippen LogP contribution in [0.3, 0.4) is 0 Å². The van der Waals surface area contributed by atoms with E-state index in [4.69, 9.17) is 0 Å². The molecule has 2 aromatic carbocycles. The average Bonchev–Trinajstić information content (AvgIpc) is 2.51. The van der Waals surface area contributed by atoms with Gasteiger partial charge < -0.3 is 0 Å². The molecule has 0 bridgehead atoms. The molecular weight excluding hydrogens is 254 g/mol. The molecule has 0 spiro atoms. The number of hydrogen-bond acceptors (Lipinski definition) is 1. The van der Waals surface area contributed by atoms with Gasteiger partial charge in [-0.3, -0.25) is 4.90 Å². The molecule has 0 aromatic heterocycles. The van der Waals surface area contributed by atoms with Gasteiger partial charge in [0.05, 0.1) is 6.54 Å². The second-order valence-electron chi connectivity index (χ2n) is 5.78. The first-order valence-electron chi connectivity index (χ1n) is 7.58. The third-order valence-corrected chi connectivity index (χ3v) is 4.34. The van der Waals surface area contributed by atoms with E-state index in [-0.39, 0.29) is 0 Å². The lowest BCUT2D eigenvalue weighted by Crippen LogP contribution is -2.30. The van der Waals surface area contributed by atoms with E-state index in [0.29, 0.717) is 0 Å². The number of aryl methyl sites for hydroxylation is 1. The molecule has 1 nitrogen and oxygen atoms in total. The van der Waals surface area contributed by atoms with Crippen molar-refractivity contribution >= 4 is 0 Å². The van der Waals surface area contributed by atoms with Crippen molar-refractivity contribution in [1.82, 2.24) is 4.90 Å². The molecule has 1 aliphatic heterocycles. The van der Waals surface area contributed by atoms with Gasteiger partial charge in [-0.25, -0.2) is 0 Å². The van der Waals surface area contributed by atoms with Crippen molar-refractivity contribution in [2.24, 2.45) is 0 Å². The Morgan fingerprint density at radius 1 is 1.00 bits per heavy atom. The summed E-state index contributed by atoms with van der Waals surface area (Å²) in [6, 6.07) is 15.1. The van der Waals surface area contributed by atoms with Crippen molar-refractivity contribution < 1.29 is 0 Å². The van der Waals surface area contributed by atoms with Crippen LogP contribution < -0.4 is 0 Å². The van der Waals surface area contributed by atoms with E-state index in [0.717, 1.165) is 31.6 Å². The van der Waals surface area contributed by atoms with Gasteiger partial charge in [-0.05, 0) is 48.6 Å². The standard InChI is InChI=1S/C20H21N/c1-16-7-5-10-18(17(16)2)11-6-13-21-14-12-19-8-3-4-9-20(19)15-21/h3-5,7-10H,12-15H2,1-2H3. The molecule has 0 fully saturated rings. The highest BCUT2D eigenvalue weighted by atomic mass is 15.1. The lowest BCUT2D eigenvalue weighted by Gasteiger charge is -2.26. The minimum Gasteiger partial charge on any atom is -0.288 e. The van der Waals surface area contributed by atoms with Crippen molar-refractivity contribution in [2.75, 3.05) is 13.1 Å². The zero-order valence-corrected chi connectivity index (χ0v) is 12.8. The number of fused-ring (bicyclic) bond motifs is 1. The Hall–Kier alpha value is -2.04. The summed E-state index contributed by atoms with van der Waals surface area (Å²) in [7, 11) is 0. The highest BCUT2D eigenvalue weighted by Crippen LogP contribution is 2.18. The highest BCUT2D eigenvalue weighted by molar-refractivity contribution is 5.44. The van der Waals surface area contributed by atoms with E-state index in [9.17, 15) is 0 Å². The normalized spacial score (nSPS) is 14.2. The average molecular weight is 275 g/mol. The fraction of sp³-hybridized carbons (Fsp3) is 0.300. The Balaban J connectivity index is 1.67. The minimum atomic E-state index is 0.849. The lowest BCUT2D eigenvalue weighted by atomic mass is 10.00. The molecule has 0 amide bonds. The predicted octanol–water partition coefficient (Wildman–Crippen LogP) is 3.71. The number of nitrogens with zero attached hydrogens (tertiary/aromatic N) is 1. The molecule has 3 rings (SSSR count). The van der Waals surface area contributed by atoms with Crippen molar-refractivity contribution in [2.45, 2.75) is 26.8 Å². The lowest BCUT2D eigenvalue weighted by molar-refractivity contribution is 0.286. The molecule has 0 radical (unpaired) electrons. The summed E-state index contributed by atoms with van der Waals surface area (Å²) < 4.78 is 0. The summed E-state index contributed by atoms with van der Waals surface area (Å²) in [5, 5.41) is 0. The number of rotatable bonds is 1. The largest absolute Gasteiger partial charge is 0.288 e. The van der Waals surface area contributed by atoms with Crippen LogP contribution in [0.25, 0.3) is 0 Å². The van der Waals surface area contributed by atoms with Gasteiger partial charge in [-0.2, -0.15) is 0 Å². The SMILES string of the molecule is Cc1cccc(C#CCN2CCc3ccccc3C2)c1C. The predicted molar refractivity (Wildman–Crippen MR) is 88.2 cm³/mol. The van der Waals surface area contributed by atoms with Crippen LogP contribution in [-0.2, 0) is 13.0 Å². The van der Waals surface area contributed by atoms with E-state index >= 15 is 0 Å². The Morgan fingerprint density at radius 2 is 1.81 bits per heavy atom.